The van der Waals surface area contributed by atoms with Gasteiger partial charge in [-0.3, -0.25) is 4.90 Å². The van der Waals surface area contributed by atoms with Gasteiger partial charge in [0.1, 0.15) is 0 Å². The van der Waals surface area contributed by atoms with E-state index in [-0.39, 0.29) is 0 Å². The Hall–Kier alpha value is -1.75. The molecule has 1 atom stereocenters. The van der Waals surface area contributed by atoms with Gasteiger partial charge in [-0.25, -0.2) is 4.68 Å². The van der Waals surface area contributed by atoms with Gasteiger partial charge in [-0.15, -0.1) is 5.10 Å². The first-order valence-corrected chi connectivity index (χ1v) is 7.32. The first-order valence-electron chi connectivity index (χ1n) is 7.32. The van der Waals surface area contributed by atoms with Crippen LogP contribution in [0.15, 0.2) is 24.3 Å². The topological polar surface area (TPSA) is 46.8 Å². The fraction of sp³-hybridized carbons (Fsp3) is 0.533. The number of aryl methyl sites for hydroxylation is 2. The Kier molecular flexibility index (Phi) is 3.78. The van der Waals surface area contributed by atoms with Gasteiger partial charge in [-0.1, -0.05) is 31.2 Å². The summed E-state index contributed by atoms with van der Waals surface area (Å²) in [5.74, 6) is 0.957. The zero-order chi connectivity index (χ0) is 13.9. The number of benzene rings is 1. The van der Waals surface area contributed by atoms with Crippen molar-refractivity contribution in [2.24, 2.45) is 0 Å². The summed E-state index contributed by atoms with van der Waals surface area (Å²) in [6.07, 6.45) is 3.41. The van der Waals surface area contributed by atoms with Crippen LogP contribution < -0.4 is 0 Å². The predicted octanol–water partition coefficient (Wildman–Crippen LogP) is 2.20. The lowest BCUT2D eigenvalue weighted by Gasteiger charge is -2.24. The van der Waals surface area contributed by atoms with Crippen molar-refractivity contribution < 1.29 is 0 Å². The molecule has 1 heterocycles. The van der Waals surface area contributed by atoms with E-state index in [1.807, 2.05) is 4.68 Å². The second-order valence-electron chi connectivity index (χ2n) is 5.49. The number of aromatic nitrogens is 4. The lowest BCUT2D eigenvalue weighted by atomic mass is 10.1. The fourth-order valence-electron chi connectivity index (χ4n) is 3.05. The molecule has 0 aliphatic heterocycles. The molecular formula is C15H21N5. The molecule has 0 radical (unpaired) electrons. The van der Waals surface area contributed by atoms with Gasteiger partial charge in [0.2, 0.25) is 0 Å². The molecule has 1 aliphatic carbocycles. The van der Waals surface area contributed by atoms with E-state index >= 15 is 0 Å². The third-order valence-electron chi connectivity index (χ3n) is 4.07. The Morgan fingerprint density at radius 1 is 1.35 bits per heavy atom. The van der Waals surface area contributed by atoms with E-state index in [1.54, 1.807) is 0 Å². The van der Waals surface area contributed by atoms with E-state index < -0.39 is 0 Å². The molecule has 0 saturated carbocycles. The zero-order valence-electron chi connectivity index (χ0n) is 12.2. The highest BCUT2D eigenvalue weighted by atomic mass is 15.5. The SMILES string of the molecule is CCCn1nnnc1CN(C)C1CCc2ccccc21. The van der Waals surface area contributed by atoms with Gasteiger partial charge in [0.25, 0.3) is 0 Å². The van der Waals surface area contributed by atoms with Crippen molar-refractivity contribution >= 4 is 0 Å². The van der Waals surface area contributed by atoms with Crippen molar-refractivity contribution in [3.8, 4) is 0 Å². The maximum absolute atomic E-state index is 4.16. The highest BCUT2D eigenvalue weighted by Crippen LogP contribution is 2.35. The number of hydrogen-bond acceptors (Lipinski definition) is 4. The molecule has 1 unspecified atom stereocenters. The average Bonchev–Trinajstić information content (AvgIpc) is 3.06. The van der Waals surface area contributed by atoms with Crippen molar-refractivity contribution in [3.63, 3.8) is 0 Å². The lowest BCUT2D eigenvalue weighted by Crippen LogP contribution is -2.24. The van der Waals surface area contributed by atoms with Gasteiger partial charge in [0.05, 0.1) is 6.54 Å². The first-order chi connectivity index (χ1) is 9.79. The van der Waals surface area contributed by atoms with Gasteiger partial charge < -0.3 is 0 Å². The minimum atomic E-state index is 0.484. The summed E-state index contributed by atoms with van der Waals surface area (Å²) in [5, 5.41) is 12.0. The number of fused-ring (bicyclic) bond motifs is 1. The Bertz CT molecular complexity index is 577. The molecule has 20 heavy (non-hydrogen) atoms. The van der Waals surface area contributed by atoms with Crippen molar-refractivity contribution in [2.75, 3.05) is 7.05 Å². The number of tetrazole rings is 1. The molecule has 0 N–H and O–H groups in total. The molecule has 1 aromatic heterocycles. The van der Waals surface area contributed by atoms with Crippen LogP contribution in [-0.4, -0.2) is 32.2 Å². The number of nitrogens with zero attached hydrogens (tertiary/aromatic N) is 5. The average molecular weight is 271 g/mol. The van der Waals surface area contributed by atoms with Crippen molar-refractivity contribution in [1.29, 1.82) is 0 Å². The van der Waals surface area contributed by atoms with Crippen molar-refractivity contribution in [3.05, 3.63) is 41.2 Å². The van der Waals surface area contributed by atoms with E-state index in [0.29, 0.717) is 6.04 Å². The Balaban J connectivity index is 1.74. The second kappa shape index (κ2) is 5.71. The second-order valence-corrected chi connectivity index (χ2v) is 5.49. The van der Waals surface area contributed by atoms with Gasteiger partial charge >= 0.3 is 0 Å². The quantitative estimate of drug-likeness (QED) is 0.836. The van der Waals surface area contributed by atoms with E-state index in [2.05, 4.69) is 58.7 Å². The van der Waals surface area contributed by atoms with Crippen molar-refractivity contribution in [1.82, 2.24) is 25.1 Å². The highest BCUT2D eigenvalue weighted by Gasteiger charge is 2.26. The molecule has 1 aromatic carbocycles. The minimum Gasteiger partial charge on any atom is -0.292 e. The van der Waals surface area contributed by atoms with Crippen LogP contribution in [0.1, 0.15) is 42.8 Å². The molecule has 2 aromatic rings. The molecule has 0 bridgehead atoms. The van der Waals surface area contributed by atoms with Crippen LogP contribution in [0.2, 0.25) is 0 Å². The summed E-state index contributed by atoms with van der Waals surface area (Å²) >= 11 is 0. The third kappa shape index (κ3) is 2.45. The molecule has 1 aliphatic rings. The molecule has 3 rings (SSSR count). The Labute approximate surface area is 119 Å². The molecular weight excluding hydrogens is 250 g/mol. The van der Waals surface area contributed by atoms with Crippen LogP contribution >= 0.6 is 0 Å². The monoisotopic (exact) mass is 271 g/mol. The standard InChI is InChI=1S/C15H21N5/c1-3-10-20-15(16-17-18-20)11-19(2)14-9-8-12-6-4-5-7-13(12)14/h4-7,14H,3,8-11H2,1-2H3. The molecule has 0 amide bonds. The number of hydrogen-bond donors (Lipinski definition) is 0. The van der Waals surface area contributed by atoms with Crippen LogP contribution in [0, 0.1) is 0 Å². The molecule has 0 spiro atoms. The normalized spacial score (nSPS) is 17.6. The maximum atomic E-state index is 4.16. The Morgan fingerprint density at radius 2 is 2.20 bits per heavy atom. The van der Waals surface area contributed by atoms with Crippen LogP contribution in [0.5, 0.6) is 0 Å². The summed E-state index contributed by atoms with van der Waals surface area (Å²) in [5.41, 5.74) is 2.95. The van der Waals surface area contributed by atoms with Crippen molar-refractivity contribution in [2.45, 2.75) is 45.3 Å². The van der Waals surface area contributed by atoms with Gasteiger partial charge in [0.15, 0.2) is 5.82 Å². The summed E-state index contributed by atoms with van der Waals surface area (Å²) < 4.78 is 1.91. The molecule has 5 nitrogen and oxygen atoms in total. The van der Waals surface area contributed by atoms with Gasteiger partial charge in [-0.05, 0) is 47.9 Å². The van der Waals surface area contributed by atoms with Crippen LogP contribution in [0.3, 0.4) is 0 Å². The molecule has 0 fully saturated rings. The first kappa shape index (κ1) is 13.2. The summed E-state index contributed by atoms with van der Waals surface area (Å²) in [4.78, 5) is 2.36. The smallest absolute Gasteiger partial charge is 0.165 e. The van der Waals surface area contributed by atoms with Gasteiger partial charge in [0, 0.05) is 12.6 Å². The minimum absolute atomic E-state index is 0.484. The fourth-order valence-corrected chi connectivity index (χ4v) is 3.05. The van der Waals surface area contributed by atoms with Crippen LogP contribution in [0.25, 0.3) is 0 Å². The Morgan fingerprint density at radius 3 is 3.05 bits per heavy atom. The largest absolute Gasteiger partial charge is 0.292 e. The van der Waals surface area contributed by atoms with Crippen LogP contribution in [-0.2, 0) is 19.5 Å². The lowest BCUT2D eigenvalue weighted by molar-refractivity contribution is 0.225. The maximum Gasteiger partial charge on any atom is 0.165 e. The third-order valence-corrected chi connectivity index (χ3v) is 4.07. The highest BCUT2D eigenvalue weighted by molar-refractivity contribution is 5.34. The summed E-state index contributed by atoms with van der Waals surface area (Å²) in [7, 11) is 2.16. The van der Waals surface area contributed by atoms with Gasteiger partial charge in [-0.2, -0.15) is 0 Å². The zero-order valence-corrected chi connectivity index (χ0v) is 12.2. The summed E-state index contributed by atoms with van der Waals surface area (Å²) in [6.45, 7) is 3.83. The van der Waals surface area contributed by atoms with E-state index in [0.717, 1.165) is 25.3 Å². The predicted molar refractivity (Wildman–Crippen MR) is 77.1 cm³/mol. The number of rotatable bonds is 5. The molecule has 5 heteroatoms. The van der Waals surface area contributed by atoms with E-state index in [4.69, 9.17) is 0 Å². The van der Waals surface area contributed by atoms with E-state index in [9.17, 15) is 0 Å². The van der Waals surface area contributed by atoms with Crippen LogP contribution in [0.4, 0.5) is 0 Å². The molecule has 106 valence electrons. The molecule has 0 saturated heterocycles. The van der Waals surface area contributed by atoms with E-state index in [1.165, 1.54) is 24.0 Å². The summed E-state index contributed by atoms with van der Waals surface area (Å²) in [6, 6.07) is 9.23.